The van der Waals surface area contributed by atoms with E-state index in [9.17, 15) is 46.0 Å². The van der Waals surface area contributed by atoms with Crippen LogP contribution in [0.15, 0.2) is 0 Å². The predicted molar refractivity (Wildman–Crippen MR) is 104 cm³/mol. The maximum absolute atomic E-state index is 10.8. The molecule has 178 valence electrons. The Morgan fingerprint density at radius 1 is 0.867 bits per heavy atom. The van der Waals surface area contributed by atoms with Crippen LogP contribution in [0.4, 0.5) is 0 Å². The van der Waals surface area contributed by atoms with E-state index >= 15 is 0 Å². The minimum atomic E-state index is -3.51. The average Bonchev–Trinajstić information content (AvgIpc) is 2.70. The van der Waals surface area contributed by atoms with Gasteiger partial charge in [0.15, 0.2) is 17.3 Å². The predicted octanol–water partition coefficient (Wildman–Crippen LogP) is -4.35. The molecule has 2 rings (SSSR count). The Kier molecular flexibility index (Phi) is 8.83. The van der Waals surface area contributed by atoms with Gasteiger partial charge in [0.1, 0.15) is 30.5 Å². The van der Waals surface area contributed by atoms with Gasteiger partial charge in [-0.05, 0) is 25.0 Å². The van der Waals surface area contributed by atoms with Crippen LogP contribution in [0.25, 0.3) is 0 Å². The summed E-state index contributed by atoms with van der Waals surface area (Å²) < 4.78 is 16.1. The summed E-state index contributed by atoms with van der Waals surface area (Å²) in [6.45, 7) is -1.66. The van der Waals surface area contributed by atoms with Crippen LogP contribution in [0.2, 0.25) is 0 Å². The molecule has 0 unspecified atom stereocenters. The van der Waals surface area contributed by atoms with E-state index in [0.717, 1.165) is 0 Å². The molecule has 0 radical (unpaired) electrons. The molecule has 8 atom stereocenters. The summed E-state index contributed by atoms with van der Waals surface area (Å²) in [5, 5.41) is 91.6. The molecule has 0 spiro atoms. The largest absolute Gasteiger partial charge is 0.394 e. The second-order valence-electron chi connectivity index (χ2n) is 7.44. The number of hydrogen-bond donors (Lipinski definition) is 11. The summed E-state index contributed by atoms with van der Waals surface area (Å²) in [6.07, 6.45) is -10.1. The van der Waals surface area contributed by atoms with Gasteiger partial charge in [-0.1, -0.05) is 0 Å². The third-order valence-electron chi connectivity index (χ3n) is 5.56. The number of thiol groups is 2. The Morgan fingerprint density at radius 2 is 1.50 bits per heavy atom. The van der Waals surface area contributed by atoms with E-state index in [1.54, 1.807) is 0 Å². The molecule has 2 aliphatic heterocycles. The Balaban J connectivity index is 2.49. The summed E-state index contributed by atoms with van der Waals surface area (Å²) in [7, 11) is 0. The first-order valence-electron chi connectivity index (χ1n) is 9.34. The highest BCUT2D eigenvalue weighted by atomic mass is 32.1. The quantitative estimate of drug-likeness (QED) is 0.0908. The first-order valence-corrected chi connectivity index (χ1v) is 10.5. The van der Waals surface area contributed by atoms with Crippen LogP contribution in [0.1, 0.15) is 19.3 Å². The molecule has 2 saturated heterocycles. The highest BCUT2D eigenvalue weighted by molar-refractivity contribution is 7.80. The van der Waals surface area contributed by atoms with Gasteiger partial charge in [-0.25, -0.2) is 0 Å². The minimum Gasteiger partial charge on any atom is -0.394 e. The molecule has 2 heterocycles. The molecular formula is C16H30O12S2. The Bertz CT molecular complexity index is 564. The number of rotatable bonds is 8. The number of ether oxygens (including phenoxy) is 3. The number of aliphatic hydroxyl groups excluding tert-OH is 5. The zero-order valence-corrected chi connectivity index (χ0v) is 17.7. The van der Waals surface area contributed by atoms with Gasteiger partial charge in [0.05, 0.1) is 13.2 Å². The lowest BCUT2D eigenvalue weighted by molar-refractivity contribution is -0.489. The lowest BCUT2D eigenvalue weighted by Gasteiger charge is -2.58. The van der Waals surface area contributed by atoms with Gasteiger partial charge in [0, 0.05) is 0 Å². The Hall–Kier alpha value is 0.220. The summed E-state index contributed by atoms with van der Waals surface area (Å²) in [5.41, 5.74) is -4.36. The van der Waals surface area contributed by atoms with Crippen molar-refractivity contribution in [3.63, 3.8) is 0 Å². The minimum absolute atomic E-state index is 0.178. The maximum Gasteiger partial charge on any atom is 0.258 e. The monoisotopic (exact) mass is 478 g/mol. The second-order valence-corrected chi connectivity index (χ2v) is 8.36. The van der Waals surface area contributed by atoms with Crippen molar-refractivity contribution in [3.8, 4) is 0 Å². The van der Waals surface area contributed by atoms with E-state index in [1.165, 1.54) is 0 Å². The summed E-state index contributed by atoms with van der Waals surface area (Å²) >= 11 is 7.85. The Morgan fingerprint density at radius 3 is 2.03 bits per heavy atom. The summed E-state index contributed by atoms with van der Waals surface area (Å²) in [4.78, 5) is 0. The maximum atomic E-state index is 10.8. The number of unbranched alkanes of at least 4 members (excludes halogenated alkanes) is 1. The number of aliphatic hydroxyl groups is 9. The molecule has 2 aliphatic rings. The molecular weight excluding hydrogens is 448 g/mol. The molecule has 0 aliphatic carbocycles. The topological polar surface area (TPSA) is 210 Å². The highest BCUT2D eigenvalue weighted by Gasteiger charge is 2.73. The SMILES string of the molecule is OC[C@H]1O[C@H](O[C@]2(CCCCS)[C@@H](CO)O[C@@H](S)C(O)(O)C2(O)O)[C@H](O)[C@@H](O)[C@@H]1O. The van der Waals surface area contributed by atoms with Crippen molar-refractivity contribution >= 4 is 25.3 Å². The van der Waals surface area contributed by atoms with Crippen LogP contribution in [-0.2, 0) is 14.2 Å². The van der Waals surface area contributed by atoms with Crippen LogP contribution in [0, 0.1) is 0 Å². The molecule has 0 aromatic carbocycles. The van der Waals surface area contributed by atoms with Gasteiger partial charge in [0.25, 0.3) is 11.6 Å². The smallest absolute Gasteiger partial charge is 0.258 e. The van der Waals surface area contributed by atoms with Crippen molar-refractivity contribution in [2.45, 2.75) is 78.7 Å². The first kappa shape index (κ1) is 26.5. The van der Waals surface area contributed by atoms with E-state index in [1.807, 2.05) is 0 Å². The van der Waals surface area contributed by atoms with Gasteiger partial charge < -0.3 is 60.2 Å². The second kappa shape index (κ2) is 10.0. The standard InChI is InChI=1S/C16H30O12S2/c17-5-7-9(19)10(20)11(21)12(26-7)28-14(3-1-2-4-29)8(6-18)27-13(30)15(22,23)16(14,24)25/h7-13,17-25,29-30H,1-6H2/t7-,8-,9-,10+,11-,12-,13+,14-/m1/s1. The zero-order valence-electron chi connectivity index (χ0n) is 15.9. The first-order chi connectivity index (χ1) is 13.9. The van der Waals surface area contributed by atoms with Crippen molar-refractivity contribution in [1.29, 1.82) is 0 Å². The third-order valence-corrected chi connectivity index (χ3v) is 6.36. The zero-order chi connectivity index (χ0) is 22.9. The molecule has 9 N–H and O–H groups in total. The van der Waals surface area contributed by atoms with Crippen LogP contribution in [0.5, 0.6) is 0 Å². The van der Waals surface area contributed by atoms with E-state index < -0.39 is 72.6 Å². The average molecular weight is 479 g/mol. The lowest BCUT2D eigenvalue weighted by atomic mass is 9.75. The van der Waals surface area contributed by atoms with Crippen molar-refractivity contribution in [1.82, 2.24) is 0 Å². The van der Waals surface area contributed by atoms with Crippen LogP contribution in [-0.4, -0.2) is 124 Å². The fraction of sp³-hybridized carbons (Fsp3) is 1.00. The van der Waals surface area contributed by atoms with Crippen molar-refractivity contribution in [3.05, 3.63) is 0 Å². The van der Waals surface area contributed by atoms with Crippen molar-refractivity contribution in [2.24, 2.45) is 0 Å². The summed E-state index contributed by atoms with van der Waals surface area (Å²) in [5.74, 6) is -6.51. The van der Waals surface area contributed by atoms with Crippen LogP contribution < -0.4 is 0 Å². The molecule has 2 fully saturated rings. The van der Waals surface area contributed by atoms with Gasteiger partial charge in [-0.15, -0.1) is 12.6 Å². The lowest BCUT2D eigenvalue weighted by Crippen LogP contribution is -2.81. The molecule has 14 heteroatoms. The molecule has 0 bridgehead atoms. The molecule has 0 aromatic heterocycles. The highest BCUT2D eigenvalue weighted by Crippen LogP contribution is 2.49. The summed E-state index contributed by atoms with van der Waals surface area (Å²) in [6, 6.07) is 0. The van der Waals surface area contributed by atoms with Gasteiger partial charge in [-0.3, -0.25) is 0 Å². The van der Waals surface area contributed by atoms with E-state index in [-0.39, 0.29) is 12.8 Å². The molecule has 0 aromatic rings. The van der Waals surface area contributed by atoms with Crippen molar-refractivity contribution < 1.29 is 60.2 Å². The third kappa shape index (κ3) is 4.36. The fourth-order valence-corrected chi connectivity index (χ4v) is 4.23. The fourth-order valence-electron chi connectivity index (χ4n) is 3.68. The van der Waals surface area contributed by atoms with E-state index in [2.05, 4.69) is 25.3 Å². The van der Waals surface area contributed by atoms with E-state index in [0.29, 0.717) is 12.2 Å². The van der Waals surface area contributed by atoms with Gasteiger partial charge in [0.2, 0.25) is 0 Å². The van der Waals surface area contributed by atoms with Crippen molar-refractivity contribution in [2.75, 3.05) is 19.0 Å². The molecule has 30 heavy (non-hydrogen) atoms. The van der Waals surface area contributed by atoms with E-state index in [4.69, 9.17) is 14.2 Å². The normalized spacial score (nSPS) is 43.5. The Labute approximate surface area is 183 Å². The van der Waals surface area contributed by atoms with Crippen LogP contribution >= 0.6 is 25.3 Å². The molecule has 0 saturated carbocycles. The van der Waals surface area contributed by atoms with Crippen LogP contribution in [0.3, 0.4) is 0 Å². The van der Waals surface area contributed by atoms with Gasteiger partial charge >= 0.3 is 0 Å². The van der Waals surface area contributed by atoms with Gasteiger partial charge in [-0.2, -0.15) is 12.6 Å². The molecule has 12 nitrogen and oxygen atoms in total. The number of hydrogen-bond acceptors (Lipinski definition) is 14. The molecule has 0 amide bonds.